The van der Waals surface area contributed by atoms with Crippen molar-refractivity contribution in [1.82, 2.24) is 0 Å². The zero-order chi connectivity index (χ0) is 22.7. The first kappa shape index (κ1) is 28.4. The third-order valence-corrected chi connectivity index (χ3v) is 9.39. The van der Waals surface area contributed by atoms with Gasteiger partial charge in [-0.2, -0.15) is 0 Å². The molecule has 0 N–H and O–H groups in total. The van der Waals surface area contributed by atoms with Gasteiger partial charge in [-0.15, -0.1) is 0 Å². The predicted molar refractivity (Wildman–Crippen MR) is 122 cm³/mol. The number of esters is 2. The van der Waals surface area contributed by atoms with Crippen LogP contribution in [-0.4, -0.2) is 39.4 Å². The van der Waals surface area contributed by atoms with E-state index in [-0.39, 0.29) is 19.0 Å². The van der Waals surface area contributed by atoms with Crippen LogP contribution >= 0.6 is 0 Å². The summed E-state index contributed by atoms with van der Waals surface area (Å²) >= 11 is 0. The van der Waals surface area contributed by atoms with Crippen molar-refractivity contribution >= 4 is 26.2 Å². The van der Waals surface area contributed by atoms with Gasteiger partial charge in [0.1, 0.15) is 6.61 Å². The standard InChI is InChI=1S/C23H42O6Si/c1-5-9-16-27-21(24)13-14-22(25)28-17-15-23(26)29-30(18-10-6-2,19-11-7-3)20-12-8-4/h13-14H,5-12,15-20H2,1-4H3. The Morgan fingerprint density at radius 3 is 1.53 bits per heavy atom. The highest BCUT2D eigenvalue weighted by molar-refractivity contribution is 6.75. The maximum Gasteiger partial charge on any atom is 0.331 e. The van der Waals surface area contributed by atoms with Crippen LogP contribution in [0, 0.1) is 0 Å². The molecule has 174 valence electrons. The van der Waals surface area contributed by atoms with E-state index >= 15 is 0 Å². The first-order valence-electron chi connectivity index (χ1n) is 11.7. The van der Waals surface area contributed by atoms with Gasteiger partial charge in [0.15, 0.2) is 0 Å². The third kappa shape index (κ3) is 14.4. The van der Waals surface area contributed by atoms with E-state index in [2.05, 4.69) is 20.8 Å². The van der Waals surface area contributed by atoms with Crippen molar-refractivity contribution < 1.29 is 28.3 Å². The van der Waals surface area contributed by atoms with Crippen molar-refractivity contribution in [3.63, 3.8) is 0 Å². The van der Waals surface area contributed by atoms with Gasteiger partial charge in [0, 0.05) is 12.2 Å². The van der Waals surface area contributed by atoms with Crippen LogP contribution in [0.2, 0.25) is 18.1 Å². The monoisotopic (exact) mass is 442 g/mol. The molecule has 0 saturated carbocycles. The van der Waals surface area contributed by atoms with Gasteiger partial charge < -0.3 is 13.9 Å². The molecular formula is C23H42O6Si. The van der Waals surface area contributed by atoms with E-state index in [9.17, 15) is 14.4 Å². The van der Waals surface area contributed by atoms with Gasteiger partial charge in [-0.05, 0) is 24.6 Å². The van der Waals surface area contributed by atoms with E-state index in [4.69, 9.17) is 13.9 Å². The highest BCUT2D eigenvalue weighted by atomic mass is 28.4. The van der Waals surface area contributed by atoms with E-state index in [1.165, 1.54) is 0 Å². The Morgan fingerprint density at radius 1 is 0.667 bits per heavy atom. The number of carbonyl (C=O) groups is 3. The minimum atomic E-state index is -2.11. The summed E-state index contributed by atoms with van der Waals surface area (Å²) in [7, 11) is -2.11. The summed E-state index contributed by atoms with van der Waals surface area (Å²) in [6.45, 7) is 8.76. The molecule has 30 heavy (non-hydrogen) atoms. The van der Waals surface area contributed by atoms with E-state index in [0.29, 0.717) is 6.61 Å². The molecule has 7 heteroatoms. The molecule has 0 heterocycles. The number of unbranched alkanes of at least 4 members (excludes halogenated alkanes) is 4. The summed E-state index contributed by atoms with van der Waals surface area (Å²) in [5.74, 6) is -1.51. The largest absolute Gasteiger partial charge is 0.519 e. The summed E-state index contributed by atoms with van der Waals surface area (Å²) in [5.41, 5.74) is 0. The Labute approximate surface area is 183 Å². The van der Waals surface area contributed by atoms with Gasteiger partial charge in [-0.1, -0.05) is 72.6 Å². The zero-order valence-electron chi connectivity index (χ0n) is 19.5. The van der Waals surface area contributed by atoms with Crippen LogP contribution < -0.4 is 0 Å². The first-order chi connectivity index (χ1) is 14.4. The molecular weight excluding hydrogens is 400 g/mol. The summed E-state index contributed by atoms with van der Waals surface area (Å²) in [5, 5.41) is 0. The number of rotatable bonds is 18. The van der Waals surface area contributed by atoms with Crippen molar-refractivity contribution in [3.05, 3.63) is 12.2 Å². The van der Waals surface area contributed by atoms with Crippen LogP contribution in [0.3, 0.4) is 0 Å². The molecule has 0 aliphatic heterocycles. The number of ether oxygens (including phenoxy) is 2. The topological polar surface area (TPSA) is 78.9 Å². The van der Waals surface area contributed by atoms with Gasteiger partial charge in [-0.3, -0.25) is 4.79 Å². The van der Waals surface area contributed by atoms with Gasteiger partial charge >= 0.3 is 11.9 Å². The van der Waals surface area contributed by atoms with Crippen molar-refractivity contribution in [2.24, 2.45) is 0 Å². The molecule has 0 aromatic heterocycles. The van der Waals surface area contributed by atoms with Crippen LogP contribution in [0.5, 0.6) is 0 Å². The Morgan fingerprint density at radius 2 is 1.10 bits per heavy atom. The average Bonchev–Trinajstić information content (AvgIpc) is 2.73. The summed E-state index contributed by atoms with van der Waals surface area (Å²) < 4.78 is 16.0. The van der Waals surface area contributed by atoms with Gasteiger partial charge in [0.05, 0.1) is 13.0 Å². The van der Waals surface area contributed by atoms with Crippen molar-refractivity contribution in [1.29, 1.82) is 0 Å². The van der Waals surface area contributed by atoms with Crippen LogP contribution in [0.25, 0.3) is 0 Å². The SMILES string of the molecule is CCCCOC(=O)C=CC(=O)OCCC(=O)O[Si](CCCC)(CCCC)CCCC. The normalized spacial score (nSPS) is 11.5. The lowest BCUT2D eigenvalue weighted by Gasteiger charge is -2.31. The maximum absolute atomic E-state index is 12.5. The smallest absolute Gasteiger partial charge is 0.331 e. The summed E-state index contributed by atoms with van der Waals surface area (Å²) in [6, 6.07) is 3.04. The van der Waals surface area contributed by atoms with Crippen LogP contribution in [0.4, 0.5) is 0 Å². The molecule has 6 nitrogen and oxygen atoms in total. The highest BCUT2D eigenvalue weighted by Gasteiger charge is 2.36. The van der Waals surface area contributed by atoms with Crippen molar-refractivity contribution in [2.45, 2.75) is 104 Å². The Balaban J connectivity index is 4.54. The lowest BCUT2D eigenvalue weighted by molar-refractivity contribution is -0.143. The number of hydrogen-bond donors (Lipinski definition) is 0. The molecule has 0 saturated heterocycles. The second kappa shape index (κ2) is 18.2. The fourth-order valence-electron chi connectivity index (χ4n) is 3.10. The average molecular weight is 443 g/mol. The van der Waals surface area contributed by atoms with Crippen LogP contribution in [0.15, 0.2) is 12.2 Å². The molecule has 0 aliphatic carbocycles. The van der Waals surface area contributed by atoms with E-state index in [0.717, 1.165) is 81.7 Å². The minimum absolute atomic E-state index is 0.0413. The van der Waals surface area contributed by atoms with Crippen molar-refractivity contribution in [2.75, 3.05) is 13.2 Å². The molecule has 0 rings (SSSR count). The van der Waals surface area contributed by atoms with E-state index in [1.54, 1.807) is 0 Å². The number of carbonyl (C=O) groups excluding carboxylic acids is 3. The second-order valence-corrected chi connectivity index (χ2v) is 11.8. The number of hydrogen-bond acceptors (Lipinski definition) is 6. The van der Waals surface area contributed by atoms with Gasteiger partial charge in [0.25, 0.3) is 14.3 Å². The Kier molecular flexibility index (Phi) is 17.2. The van der Waals surface area contributed by atoms with Gasteiger partial charge in [-0.25, -0.2) is 9.59 Å². The van der Waals surface area contributed by atoms with Crippen LogP contribution in [-0.2, 0) is 28.3 Å². The van der Waals surface area contributed by atoms with E-state index < -0.39 is 20.3 Å². The molecule has 0 aliphatic rings. The summed E-state index contributed by atoms with van der Waals surface area (Å²) in [4.78, 5) is 35.6. The van der Waals surface area contributed by atoms with Crippen molar-refractivity contribution in [3.8, 4) is 0 Å². The van der Waals surface area contributed by atoms with E-state index in [1.807, 2.05) is 6.92 Å². The minimum Gasteiger partial charge on any atom is -0.519 e. The fourth-order valence-corrected chi connectivity index (χ4v) is 7.74. The fraction of sp³-hybridized carbons (Fsp3) is 0.783. The second-order valence-electron chi connectivity index (χ2n) is 7.74. The third-order valence-electron chi connectivity index (χ3n) is 4.94. The molecule has 0 amide bonds. The summed E-state index contributed by atoms with van der Waals surface area (Å²) in [6.07, 6.45) is 10.4. The lowest BCUT2D eigenvalue weighted by Crippen LogP contribution is -2.40. The van der Waals surface area contributed by atoms with Crippen LogP contribution in [0.1, 0.15) is 85.5 Å². The molecule has 0 spiro atoms. The zero-order valence-corrected chi connectivity index (χ0v) is 20.5. The van der Waals surface area contributed by atoms with Gasteiger partial charge in [0.2, 0.25) is 0 Å². The predicted octanol–water partition coefficient (Wildman–Crippen LogP) is 5.71. The molecule has 0 fully saturated rings. The highest BCUT2D eigenvalue weighted by Crippen LogP contribution is 2.30. The maximum atomic E-state index is 12.5. The molecule has 0 aromatic carbocycles. The first-order valence-corrected chi connectivity index (χ1v) is 14.2. The molecule has 0 aromatic rings. The Bertz CT molecular complexity index is 496. The molecule has 0 unspecified atom stereocenters. The Hall–Kier alpha value is -1.63. The quantitative estimate of drug-likeness (QED) is 0.117. The molecule has 0 radical (unpaired) electrons. The lowest BCUT2D eigenvalue weighted by atomic mass is 10.4. The molecule has 0 bridgehead atoms. The molecule has 0 atom stereocenters.